The SMILES string of the molecule is O=C(NCc1ccccc1)NCC(O)c1cc(-c2ccco2)cs1. The number of aliphatic hydroxyl groups is 1. The summed E-state index contributed by atoms with van der Waals surface area (Å²) < 4.78 is 5.33. The van der Waals surface area contributed by atoms with Crippen LogP contribution in [0.2, 0.25) is 0 Å². The molecule has 0 saturated carbocycles. The Labute approximate surface area is 143 Å². The van der Waals surface area contributed by atoms with Crippen LogP contribution in [0.25, 0.3) is 11.3 Å². The highest BCUT2D eigenvalue weighted by Gasteiger charge is 2.13. The molecule has 0 saturated heterocycles. The van der Waals surface area contributed by atoms with E-state index in [1.165, 1.54) is 11.3 Å². The molecule has 0 bridgehead atoms. The Kier molecular flexibility index (Phi) is 5.30. The molecule has 2 heterocycles. The first-order chi connectivity index (χ1) is 11.7. The molecule has 0 aliphatic heterocycles. The summed E-state index contributed by atoms with van der Waals surface area (Å²) in [6.45, 7) is 0.600. The zero-order chi connectivity index (χ0) is 16.8. The Balaban J connectivity index is 1.46. The lowest BCUT2D eigenvalue weighted by molar-refractivity contribution is 0.176. The van der Waals surface area contributed by atoms with E-state index < -0.39 is 6.10 Å². The van der Waals surface area contributed by atoms with E-state index >= 15 is 0 Å². The minimum absolute atomic E-state index is 0.152. The van der Waals surface area contributed by atoms with E-state index in [4.69, 9.17) is 4.42 Å². The van der Waals surface area contributed by atoms with Crippen LogP contribution < -0.4 is 10.6 Å². The van der Waals surface area contributed by atoms with E-state index in [1.54, 1.807) is 6.26 Å². The highest BCUT2D eigenvalue weighted by atomic mass is 32.1. The second-order valence-electron chi connectivity index (χ2n) is 5.28. The predicted molar refractivity (Wildman–Crippen MR) is 93.7 cm³/mol. The van der Waals surface area contributed by atoms with E-state index in [-0.39, 0.29) is 12.6 Å². The Morgan fingerprint density at radius 1 is 1.17 bits per heavy atom. The number of thiophene rings is 1. The Hall–Kier alpha value is -2.57. The molecular formula is C18H18N2O3S. The Morgan fingerprint density at radius 3 is 2.75 bits per heavy atom. The van der Waals surface area contributed by atoms with Crippen molar-refractivity contribution in [3.63, 3.8) is 0 Å². The van der Waals surface area contributed by atoms with Crippen molar-refractivity contribution < 1.29 is 14.3 Å². The van der Waals surface area contributed by atoms with E-state index in [9.17, 15) is 9.90 Å². The highest BCUT2D eigenvalue weighted by molar-refractivity contribution is 7.10. The van der Waals surface area contributed by atoms with Crippen molar-refractivity contribution in [1.29, 1.82) is 0 Å². The number of benzene rings is 1. The van der Waals surface area contributed by atoms with Gasteiger partial charge in [-0.25, -0.2) is 4.79 Å². The van der Waals surface area contributed by atoms with E-state index in [0.717, 1.165) is 21.8 Å². The Bertz CT molecular complexity index is 769. The number of aliphatic hydroxyl groups excluding tert-OH is 1. The first kappa shape index (κ1) is 16.3. The Morgan fingerprint density at radius 2 is 2.00 bits per heavy atom. The third kappa shape index (κ3) is 4.24. The van der Waals surface area contributed by atoms with Gasteiger partial charge >= 0.3 is 6.03 Å². The lowest BCUT2D eigenvalue weighted by Gasteiger charge is -2.11. The van der Waals surface area contributed by atoms with Crippen LogP contribution in [-0.4, -0.2) is 17.7 Å². The topological polar surface area (TPSA) is 74.5 Å². The van der Waals surface area contributed by atoms with Gasteiger partial charge in [0.15, 0.2) is 0 Å². The number of hydrogen-bond donors (Lipinski definition) is 3. The maximum atomic E-state index is 11.8. The van der Waals surface area contributed by atoms with Gasteiger partial charge in [-0.15, -0.1) is 11.3 Å². The number of hydrogen-bond acceptors (Lipinski definition) is 4. The molecule has 1 atom stereocenters. The molecular weight excluding hydrogens is 324 g/mol. The van der Waals surface area contributed by atoms with Crippen molar-refractivity contribution in [1.82, 2.24) is 10.6 Å². The summed E-state index contributed by atoms with van der Waals surface area (Å²) in [7, 11) is 0. The summed E-state index contributed by atoms with van der Waals surface area (Å²) >= 11 is 1.44. The van der Waals surface area contributed by atoms with Crippen LogP contribution in [-0.2, 0) is 6.54 Å². The standard InChI is InChI=1S/C18H18N2O3S/c21-15(17-9-14(12-24-17)16-7-4-8-23-16)11-20-18(22)19-10-13-5-2-1-3-6-13/h1-9,12,15,21H,10-11H2,(H2,19,20,22). The van der Waals surface area contributed by atoms with Crippen LogP contribution in [0.1, 0.15) is 16.5 Å². The number of furan rings is 1. The molecule has 24 heavy (non-hydrogen) atoms. The van der Waals surface area contributed by atoms with Gasteiger partial charge in [0.05, 0.1) is 12.8 Å². The molecule has 0 fully saturated rings. The second kappa shape index (κ2) is 7.81. The number of rotatable bonds is 6. The van der Waals surface area contributed by atoms with Crippen molar-refractivity contribution >= 4 is 17.4 Å². The van der Waals surface area contributed by atoms with Gasteiger partial charge in [0.2, 0.25) is 0 Å². The fraction of sp³-hybridized carbons (Fsp3) is 0.167. The summed E-state index contributed by atoms with van der Waals surface area (Å²) in [5.74, 6) is 0.762. The zero-order valence-electron chi connectivity index (χ0n) is 12.9. The monoisotopic (exact) mass is 342 g/mol. The highest BCUT2D eigenvalue weighted by Crippen LogP contribution is 2.29. The molecule has 0 aliphatic rings. The molecule has 1 unspecified atom stereocenters. The van der Waals surface area contributed by atoms with Crippen LogP contribution >= 0.6 is 11.3 Å². The van der Waals surface area contributed by atoms with Crippen molar-refractivity contribution in [3.05, 3.63) is 70.6 Å². The maximum Gasteiger partial charge on any atom is 0.315 e. The average Bonchev–Trinajstić information content (AvgIpc) is 3.29. The third-order valence-electron chi connectivity index (χ3n) is 3.51. The largest absolute Gasteiger partial charge is 0.464 e. The number of nitrogens with one attached hydrogen (secondary N) is 2. The number of urea groups is 1. The number of carbonyl (C=O) groups excluding carboxylic acids is 1. The molecule has 124 valence electrons. The average molecular weight is 342 g/mol. The zero-order valence-corrected chi connectivity index (χ0v) is 13.8. The lowest BCUT2D eigenvalue weighted by atomic mass is 10.2. The summed E-state index contributed by atoms with van der Waals surface area (Å²) in [4.78, 5) is 12.6. The summed E-state index contributed by atoms with van der Waals surface area (Å²) in [5.41, 5.74) is 1.95. The minimum Gasteiger partial charge on any atom is -0.464 e. The number of amides is 2. The normalized spacial score (nSPS) is 11.9. The van der Waals surface area contributed by atoms with Crippen LogP contribution in [0.3, 0.4) is 0 Å². The third-order valence-corrected chi connectivity index (χ3v) is 4.54. The van der Waals surface area contributed by atoms with Crippen molar-refractivity contribution in [2.75, 3.05) is 6.54 Å². The molecule has 3 rings (SSSR count). The smallest absolute Gasteiger partial charge is 0.315 e. The number of carbonyl (C=O) groups is 1. The van der Waals surface area contributed by atoms with Gasteiger partial charge in [-0.2, -0.15) is 0 Å². The van der Waals surface area contributed by atoms with Crippen LogP contribution in [0, 0.1) is 0 Å². The molecule has 3 aromatic rings. The quantitative estimate of drug-likeness (QED) is 0.641. The predicted octanol–water partition coefficient (Wildman–Crippen LogP) is 3.54. The van der Waals surface area contributed by atoms with Crippen molar-refractivity contribution in [2.45, 2.75) is 12.6 Å². The summed E-state index contributed by atoms with van der Waals surface area (Å²) in [6.07, 6.45) is 0.864. The lowest BCUT2D eigenvalue weighted by Crippen LogP contribution is -2.37. The summed E-state index contributed by atoms with van der Waals surface area (Å²) in [6, 6.07) is 14.9. The fourth-order valence-electron chi connectivity index (χ4n) is 2.23. The molecule has 3 N–H and O–H groups in total. The molecule has 0 radical (unpaired) electrons. The van der Waals surface area contributed by atoms with Gasteiger partial charge in [0.1, 0.15) is 11.9 Å². The first-order valence-corrected chi connectivity index (χ1v) is 8.46. The minimum atomic E-state index is -0.749. The van der Waals surface area contributed by atoms with Crippen molar-refractivity contribution in [2.24, 2.45) is 0 Å². The van der Waals surface area contributed by atoms with Gasteiger partial charge in [-0.3, -0.25) is 0 Å². The molecule has 0 aliphatic carbocycles. The summed E-state index contributed by atoms with van der Waals surface area (Å²) in [5, 5.41) is 17.6. The van der Waals surface area contributed by atoms with Gasteiger partial charge in [-0.05, 0) is 23.8 Å². The fourth-order valence-corrected chi connectivity index (χ4v) is 3.11. The molecule has 2 aromatic heterocycles. The van der Waals surface area contributed by atoms with Crippen molar-refractivity contribution in [3.8, 4) is 11.3 Å². The van der Waals surface area contributed by atoms with Gasteiger partial charge in [0.25, 0.3) is 0 Å². The van der Waals surface area contributed by atoms with Gasteiger partial charge in [-0.1, -0.05) is 30.3 Å². The van der Waals surface area contributed by atoms with Crippen LogP contribution in [0.4, 0.5) is 4.79 Å². The second-order valence-corrected chi connectivity index (χ2v) is 6.22. The molecule has 5 nitrogen and oxygen atoms in total. The van der Waals surface area contributed by atoms with E-state index in [1.807, 2.05) is 53.9 Å². The molecule has 1 aromatic carbocycles. The van der Waals surface area contributed by atoms with E-state index in [2.05, 4.69) is 10.6 Å². The first-order valence-electron chi connectivity index (χ1n) is 7.58. The maximum absolute atomic E-state index is 11.8. The van der Waals surface area contributed by atoms with E-state index in [0.29, 0.717) is 6.54 Å². The molecule has 0 spiro atoms. The van der Waals surface area contributed by atoms with Crippen LogP contribution in [0.5, 0.6) is 0 Å². The van der Waals surface area contributed by atoms with Crippen LogP contribution in [0.15, 0.2) is 64.6 Å². The van der Waals surface area contributed by atoms with Gasteiger partial charge < -0.3 is 20.2 Å². The molecule has 6 heteroatoms. The molecule has 2 amide bonds. The van der Waals surface area contributed by atoms with Gasteiger partial charge in [0, 0.05) is 22.4 Å².